The second kappa shape index (κ2) is 5.95. The van der Waals surface area contributed by atoms with Gasteiger partial charge in [-0.15, -0.1) is 0 Å². The van der Waals surface area contributed by atoms with E-state index < -0.39 is 0 Å². The Hall–Kier alpha value is -1.10. The summed E-state index contributed by atoms with van der Waals surface area (Å²) in [6.45, 7) is 11.2. The number of nitrogens with one attached hydrogen (secondary N) is 1. The molecule has 0 spiro atoms. The quantitative estimate of drug-likeness (QED) is 0.646. The maximum atomic E-state index is 6.20. The molecule has 1 saturated heterocycles. The van der Waals surface area contributed by atoms with Gasteiger partial charge in [0.1, 0.15) is 5.75 Å². The molecule has 0 bridgehead atoms. The lowest BCUT2D eigenvalue weighted by Gasteiger charge is -2.33. The zero-order valence-corrected chi connectivity index (χ0v) is 13.8. The fourth-order valence-corrected chi connectivity index (χ4v) is 3.51. The van der Waals surface area contributed by atoms with Gasteiger partial charge in [0.2, 0.25) is 0 Å². The number of hydrogen-bond donors (Lipinski definition) is 2. The molecule has 1 aromatic carbocycles. The molecule has 3 N–H and O–H groups in total. The van der Waals surface area contributed by atoms with E-state index in [2.05, 4.69) is 45.3 Å². The van der Waals surface area contributed by atoms with E-state index in [0.717, 1.165) is 12.2 Å². The van der Waals surface area contributed by atoms with Gasteiger partial charge in [-0.1, -0.05) is 12.1 Å². The van der Waals surface area contributed by atoms with Gasteiger partial charge in [0.25, 0.3) is 0 Å². The van der Waals surface area contributed by atoms with E-state index in [1.165, 1.54) is 5.56 Å². The second-order valence-electron chi connectivity index (χ2n) is 6.92. The minimum atomic E-state index is -0.209. The van der Waals surface area contributed by atoms with Crippen LogP contribution in [-0.4, -0.2) is 17.8 Å². The molecule has 1 aliphatic rings. The molecule has 2 atom stereocenters. The van der Waals surface area contributed by atoms with Gasteiger partial charge in [0.05, 0.1) is 23.9 Å². The van der Waals surface area contributed by atoms with Crippen LogP contribution in [0.4, 0.5) is 0 Å². The van der Waals surface area contributed by atoms with Crippen LogP contribution in [0.5, 0.6) is 5.75 Å². The Kier molecular flexibility index (Phi) is 4.61. The van der Waals surface area contributed by atoms with Crippen molar-refractivity contribution in [2.75, 3.05) is 6.61 Å². The minimum absolute atomic E-state index is 0.0671. The third kappa shape index (κ3) is 3.57. The standard InChI is InChI=1S/C17H28N2O2/c1-6-20-13-9-7-12(8-10-13)15(19-18)14-11-16(2,3)21-17(14,4)5/h7-10,14-15,19H,6,11,18H2,1-5H3. The monoisotopic (exact) mass is 292 g/mol. The van der Waals surface area contributed by atoms with E-state index >= 15 is 0 Å². The summed E-state index contributed by atoms with van der Waals surface area (Å²) in [4.78, 5) is 0. The molecule has 118 valence electrons. The lowest BCUT2D eigenvalue weighted by atomic mass is 9.79. The highest BCUT2D eigenvalue weighted by molar-refractivity contribution is 5.30. The third-order valence-corrected chi connectivity index (χ3v) is 4.28. The highest BCUT2D eigenvalue weighted by atomic mass is 16.5. The van der Waals surface area contributed by atoms with Crippen molar-refractivity contribution >= 4 is 0 Å². The van der Waals surface area contributed by atoms with E-state index in [9.17, 15) is 0 Å². The van der Waals surface area contributed by atoms with Gasteiger partial charge in [0, 0.05) is 5.92 Å². The molecule has 4 heteroatoms. The Morgan fingerprint density at radius 2 is 1.90 bits per heavy atom. The summed E-state index contributed by atoms with van der Waals surface area (Å²) in [6, 6.07) is 8.22. The van der Waals surface area contributed by atoms with Crippen LogP contribution in [0.2, 0.25) is 0 Å². The Morgan fingerprint density at radius 3 is 2.33 bits per heavy atom. The number of rotatable bonds is 5. The normalized spacial score (nSPS) is 24.8. The molecule has 2 rings (SSSR count). The van der Waals surface area contributed by atoms with Crippen LogP contribution in [0.3, 0.4) is 0 Å². The molecule has 1 heterocycles. The summed E-state index contributed by atoms with van der Waals surface area (Å²) in [7, 11) is 0. The number of hydrazine groups is 1. The summed E-state index contributed by atoms with van der Waals surface area (Å²) in [5.74, 6) is 7.06. The summed E-state index contributed by atoms with van der Waals surface area (Å²) in [6.07, 6.45) is 0.974. The Labute approximate surface area is 128 Å². The average Bonchev–Trinajstić information content (AvgIpc) is 2.61. The molecule has 0 aliphatic carbocycles. The SMILES string of the molecule is CCOc1ccc(C(NN)C2CC(C)(C)OC2(C)C)cc1. The van der Waals surface area contributed by atoms with E-state index in [4.69, 9.17) is 15.3 Å². The maximum Gasteiger partial charge on any atom is 0.119 e. The van der Waals surface area contributed by atoms with Crippen LogP contribution in [-0.2, 0) is 4.74 Å². The lowest BCUT2D eigenvalue weighted by molar-refractivity contribution is -0.0779. The Balaban J connectivity index is 2.23. The first-order valence-corrected chi connectivity index (χ1v) is 7.68. The first-order valence-electron chi connectivity index (χ1n) is 7.68. The first-order chi connectivity index (χ1) is 9.79. The van der Waals surface area contributed by atoms with E-state index in [0.29, 0.717) is 12.5 Å². The van der Waals surface area contributed by atoms with Gasteiger partial charge in [-0.2, -0.15) is 0 Å². The zero-order chi connectivity index (χ0) is 15.7. The smallest absolute Gasteiger partial charge is 0.119 e. The van der Waals surface area contributed by atoms with Gasteiger partial charge < -0.3 is 9.47 Å². The van der Waals surface area contributed by atoms with Crippen molar-refractivity contribution in [2.24, 2.45) is 11.8 Å². The van der Waals surface area contributed by atoms with Crippen molar-refractivity contribution in [3.63, 3.8) is 0 Å². The molecule has 1 aromatic rings. The molecular weight excluding hydrogens is 264 g/mol. The van der Waals surface area contributed by atoms with Crippen molar-refractivity contribution in [3.8, 4) is 5.75 Å². The summed E-state index contributed by atoms with van der Waals surface area (Å²) >= 11 is 0. The van der Waals surface area contributed by atoms with Crippen LogP contribution < -0.4 is 16.0 Å². The van der Waals surface area contributed by atoms with Gasteiger partial charge in [-0.05, 0) is 58.7 Å². The van der Waals surface area contributed by atoms with Crippen LogP contribution in [0, 0.1) is 5.92 Å². The van der Waals surface area contributed by atoms with E-state index in [1.807, 2.05) is 19.1 Å². The molecule has 0 aromatic heterocycles. The van der Waals surface area contributed by atoms with E-state index in [-0.39, 0.29) is 17.2 Å². The van der Waals surface area contributed by atoms with Gasteiger partial charge >= 0.3 is 0 Å². The van der Waals surface area contributed by atoms with Crippen LogP contribution in [0.1, 0.15) is 52.6 Å². The molecule has 21 heavy (non-hydrogen) atoms. The summed E-state index contributed by atoms with van der Waals surface area (Å²) in [5.41, 5.74) is 3.83. The molecule has 0 radical (unpaired) electrons. The molecule has 4 nitrogen and oxygen atoms in total. The van der Waals surface area contributed by atoms with Crippen LogP contribution in [0.15, 0.2) is 24.3 Å². The average molecular weight is 292 g/mol. The molecule has 1 fully saturated rings. The van der Waals surface area contributed by atoms with Crippen LogP contribution in [0.25, 0.3) is 0 Å². The lowest BCUT2D eigenvalue weighted by Crippen LogP contribution is -2.41. The van der Waals surface area contributed by atoms with Gasteiger partial charge in [-0.25, -0.2) is 0 Å². The maximum absolute atomic E-state index is 6.20. The predicted octanol–water partition coefficient (Wildman–Crippen LogP) is 3.18. The number of hydrogen-bond acceptors (Lipinski definition) is 4. The van der Waals surface area contributed by atoms with Crippen molar-refractivity contribution in [1.82, 2.24) is 5.43 Å². The highest BCUT2D eigenvalue weighted by Crippen LogP contribution is 2.47. The summed E-state index contributed by atoms with van der Waals surface area (Å²) < 4.78 is 11.7. The van der Waals surface area contributed by atoms with Crippen LogP contribution >= 0.6 is 0 Å². The molecule has 1 aliphatic heterocycles. The number of benzene rings is 1. The zero-order valence-electron chi connectivity index (χ0n) is 13.8. The fourth-order valence-electron chi connectivity index (χ4n) is 3.51. The second-order valence-corrected chi connectivity index (χ2v) is 6.92. The Morgan fingerprint density at radius 1 is 1.29 bits per heavy atom. The molecule has 2 unspecified atom stereocenters. The highest BCUT2D eigenvalue weighted by Gasteiger charge is 2.49. The van der Waals surface area contributed by atoms with Gasteiger partial charge in [0.15, 0.2) is 0 Å². The molecular formula is C17H28N2O2. The van der Waals surface area contributed by atoms with E-state index in [1.54, 1.807) is 0 Å². The third-order valence-electron chi connectivity index (χ3n) is 4.28. The first kappa shape index (κ1) is 16.3. The van der Waals surface area contributed by atoms with Gasteiger partial charge in [-0.3, -0.25) is 11.3 Å². The van der Waals surface area contributed by atoms with Crippen molar-refractivity contribution < 1.29 is 9.47 Å². The largest absolute Gasteiger partial charge is 0.494 e. The van der Waals surface area contributed by atoms with Crippen molar-refractivity contribution in [3.05, 3.63) is 29.8 Å². The number of nitrogens with two attached hydrogens (primary N) is 1. The predicted molar refractivity (Wildman–Crippen MR) is 85.0 cm³/mol. The minimum Gasteiger partial charge on any atom is -0.494 e. The number of ether oxygens (including phenoxy) is 2. The topological polar surface area (TPSA) is 56.5 Å². The molecule has 0 amide bonds. The van der Waals surface area contributed by atoms with Crippen molar-refractivity contribution in [1.29, 1.82) is 0 Å². The Bertz CT molecular complexity index is 468. The molecule has 0 saturated carbocycles. The van der Waals surface area contributed by atoms with Crippen molar-refractivity contribution in [2.45, 2.75) is 58.3 Å². The fraction of sp³-hybridized carbons (Fsp3) is 0.647. The summed E-state index contributed by atoms with van der Waals surface area (Å²) in [5, 5.41) is 0.